The number of rotatable bonds is 5. The van der Waals surface area contributed by atoms with E-state index in [9.17, 15) is 8.42 Å². The zero-order chi connectivity index (χ0) is 22.8. The maximum absolute atomic E-state index is 14.2. The summed E-state index contributed by atoms with van der Waals surface area (Å²) in [6, 6.07) is 20.5. The van der Waals surface area contributed by atoms with Crippen molar-refractivity contribution >= 4 is 32.8 Å². The van der Waals surface area contributed by atoms with E-state index in [1.807, 2.05) is 54.6 Å². The van der Waals surface area contributed by atoms with Crippen molar-refractivity contribution in [2.45, 2.75) is 30.5 Å². The van der Waals surface area contributed by atoms with Gasteiger partial charge in [-0.05, 0) is 29.2 Å². The molecule has 33 heavy (non-hydrogen) atoms. The topological polar surface area (TPSA) is 81.6 Å². The van der Waals surface area contributed by atoms with Crippen molar-refractivity contribution in [1.29, 1.82) is 0 Å². The molecule has 0 fully saturated rings. The van der Waals surface area contributed by atoms with Crippen molar-refractivity contribution in [3.8, 4) is 5.75 Å². The van der Waals surface area contributed by atoms with Gasteiger partial charge in [0.2, 0.25) is 10.0 Å². The van der Waals surface area contributed by atoms with Gasteiger partial charge >= 0.3 is 0 Å². The van der Waals surface area contributed by atoms with Crippen LogP contribution in [0.1, 0.15) is 16.7 Å². The summed E-state index contributed by atoms with van der Waals surface area (Å²) >= 11 is 1.04. The van der Waals surface area contributed by atoms with Gasteiger partial charge in [0.1, 0.15) is 21.7 Å². The number of aromatic nitrogens is 2. The number of fused-ring (bicyclic) bond motifs is 2. The summed E-state index contributed by atoms with van der Waals surface area (Å²) in [5, 5.41) is 0. The van der Waals surface area contributed by atoms with Crippen molar-refractivity contribution in [3.63, 3.8) is 0 Å². The van der Waals surface area contributed by atoms with E-state index in [0.717, 1.165) is 28.4 Å². The molecule has 0 bridgehead atoms. The number of ether oxygens (including phenoxy) is 2. The van der Waals surface area contributed by atoms with Crippen LogP contribution in [0.25, 0.3) is 11.0 Å². The van der Waals surface area contributed by atoms with E-state index in [-0.39, 0.29) is 29.8 Å². The molecule has 0 N–H and O–H groups in total. The Morgan fingerprint density at radius 3 is 2.48 bits per heavy atom. The number of hydrogen-bond acceptors (Lipinski definition) is 7. The Morgan fingerprint density at radius 1 is 1.03 bits per heavy atom. The normalized spacial score (nSPS) is 17.3. The molecule has 0 spiro atoms. The third-order valence-corrected chi connectivity index (χ3v) is 8.34. The summed E-state index contributed by atoms with van der Waals surface area (Å²) in [5.41, 5.74) is 4.10. The third kappa shape index (κ3) is 4.37. The monoisotopic (exact) mass is 481 g/mol. The first-order chi connectivity index (χ1) is 16.1. The maximum atomic E-state index is 14.2. The van der Waals surface area contributed by atoms with Crippen LogP contribution >= 0.6 is 11.7 Å². The molecule has 170 valence electrons. The molecule has 7 nitrogen and oxygen atoms in total. The minimum absolute atomic E-state index is 0.0846. The van der Waals surface area contributed by atoms with Gasteiger partial charge in [-0.15, -0.1) is 0 Å². The molecule has 1 unspecified atom stereocenters. The molecule has 1 aliphatic heterocycles. The SMILES string of the molecule is COc1cc2nsnc2cc1S(=O)(=O)N1Cc2ccccc2COCC1Cc1ccccc1. The lowest BCUT2D eigenvalue weighted by Gasteiger charge is -2.34. The predicted octanol–water partition coefficient (Wildman–Crippen LogP) is 4.03. The Balaban J connectivity index is 1.63. The van der Waals surface area contributed by atoms with Gasteiger partial charge in [-0.2, -0.15) is 13.1 Å². The lowest BCUT2D eigenvalue weighted by Crippen LogP contribution is -2.45. The predicted molar refractivity (Wildman–Crippen MR) is 127 cm³/mol. The van der Waals surface area contributed by atoms with Crippen LogP contribution in [-0.2, 0) is 34.3 Å². The summed E-state index contributed by atoms with van der Waals surface area (Å²) in [5.74, 6) is 0.255. The zero-order valence-electron chi connectivity index (χ0n) is 18.0. The van der Waals surface area contributed by atoms with Gasteiger partial charge in [-0.3, -0.25) is 0 Å². The fourth-order valence-electron chi connectivity index (χ4n) is 4.15. The number of nitrogens with zero attached hydrogens (tertiary/aromatic N) is 3. The first kappa shape index (κ1) is 22.0. The molecular weight excluding hydrogens is 458 g/mol. The Kier molecular flexibility index (Phi) is 6.11. The highest BCUT2D eigenvalue weighted by Gasteiger charge is 2.36. The highest BCUT2D eigenvalue weighted by Crippen LogP contribution is 2.34. The molecule has 0 aliphatic carbocycles. The van der Waals surface area contributed by atoms with E-state index in [4.69, 9.17) is 9.47 Å². The Labute approximate surface area is 197 Å². The number of hydrogen-bond donors (Lipinski definition) is 0. The molecular formula is C24H23N3O4S2. The van der Waals surface area contributed by atoms with Gasteiger partial charge in [-0.25, -0.2) is 8.42 Å². The van der Waals surface area contributed by atoms with E-state index >= 15 is 0 Å². The second kappa shape index (κ2) is 9.18. The largest absolute Gasteiger partial charge is 0.495 e. The van der Waals surface area contributed by atoms with Gasteiger partial charge in [-0.1, -0.05) is 54.6 Å². The van der Waals surface area contributed by atoms with Crippen molar-refractivity contribution in [2.75, 3.05) is 13.7 Å². The van der Waals surface area contributed by atoms with Crippen LogP contribution in [0.3, 0.4) is 0 Å². The molecule has 0 amide bonds. The van der Waals surface area contributed by atoms with Crippen LogP contribution in [0.15, 0.2) is 71.6 Å². The maximum Gasteiger partial charge on any atom is 0.247 e. The van der Waals surface area contributed by atoms with Crippen LogP contribution in [0.2, 0.25) is 0 Å². The standard InChI is InChI=1S/C24H23N3O4S2/c1-30-23-12-21-22(26-32-25-21)13-24(23)33(28,29)27-14-18-9-5-6-10-19(18)15-31-16-20(27)11-17-7-3-2-4-8-17/h2-10,12-13,20H,11,14-16H2,1H3. The number of sulfonamides is 1. The summed E-state index contributed by atoms with van der Waals surface area (Å²) in [7, 11) is -2.49. The van der Waals surface area contributed by atoms with Gasteiger partial charge in [0.25, 0.3) is 0 Å². The van der Waals surface area contributed by atoms with Gasteiger partial charge in [0.05, 0.1) is 38.1 Å². The van der Waals surface area contributed by atoms with Crippen LogP contribution in [-0.4, -0.2) is 41.2 Å². The fourth-order valence-corrected chi connectivity index (χ4v) is 6.40. The van der Waals surface area contributed by atoms with Gasteiger partial charge in [0.15, 0.2) is 0 Å². The molecule has 9 heteroatoms. The van der Waals surface area contributed by atoms with E-state index < -0.39 is 10.0 Å². The molecule has 0 saturated carbocycles. The molecule has 0 radical (unpaired) electrons. The van der Waals surface area contributed by atoms with Gasteiger partial charge in [0, 0.05) is 12.6 Å². The van der Waals surface area contributed by atoms with E-state index in [0.29, 0.717) is 24.1 Å². The van der Waals surface area contributed by atoms with Gasteiger partial charge < -0.3 is 9.47 Å². The first-order valence-corrected chi connectivity index (χ1v) is 12.7. The molecule has 4 aromatic rings. The molecule has 1 aliphatic rings. The third-order valence-electron chi connectivity index (χ3n) is 5.86. The average Bonchev–Trinajstić information content (AvgIpc) is 3.28. The summed E-state index contributed by atoms with van der Waals surface area (Å²) in [4.78, 5) is 0.0846. The van der Waals surface area contributed by atoms with Crippen molar-refractivity contribution < 1.29 is 17.9 Å². The minimum atomic E-state index is -3.96. The summed E-state index contributed by atoms with van der Waals surface area (Å²) in [6.45, 7) is 0.982. The lowest BCUT2D eigenvalue weighted by molar-refractivity contribution is 0.0673. The van der Waals surface area contributed by atoms with Crippen molar-refractivity contribution in [3.05, 3.63) is 83.4 Å². The molecule has 3 aromatic carbocycles. The molecule has 1 atom stereocenters. The zero-order valence-corrected chi connectivity index (χ0v) is 19.7. The fraction of sp³-hybridized carbons (Fsp3) is 0.250. The smallest absolute Gasteiger partial charge is 0.247 e. The molecule has 2 heterocycles. The highest BCUT2D eigenvalue weighted by atomic mass is 32.2. The van der Waals surface area contributed by atoms with E-state index in [1.54, 1.807) is 16.4 Å². The lowest BCUT2D eigenvalue weighted by atomic mass is 10.0. The summed E-state index contributed by atoms with van der Waals surface area (Å²) < 4.78 is 49.8. The number of methoxy groups -OCH3 is 1. The Morgan fingerprint density at radius 2 is 1.73 bits per heavy atom. The molecule has 1 aromatic heterocycles. The van der Waals surface area contributed by atoms with E-state index in [1.165, 1.54) is 7.11 Å². The quantitative estimate of drug-likeness (QED) is 0.428. The highest BCUT2D eigenvalue weighted by molar-refractivity contribution is 7.89. The molecule has 5 rings (SSSR count). The number of benzene rings is 3. The second-order valence-electron chi connectivity index (χ2n) is 7.93. The van der Waals surface area contributed by atoms with Crippen LogP contribution < -0.4 is 4.74 Å². The van der Waals surface area contributed by atoms with Crippen LogP contribution in [0.4, 0.5) is 0 Å². The van der Waals surface area contributed by atoms with Crippen LogP contribution in [0, 0.1) is 0 Å². The van der Waals surface area contributed by atoms with E-state index in [2.05, 4.69) is 8.75 Å². The second-order valence-corrected chi connectivity index (χ2v) is 10.3. The summed E-state index contributed by atoms with van der Waals surface area (Å²) in [6.07, 6.45) is 0.533. The first-order valence-electron chi connectivity index (χ1n) is 10.6. The van der Waals surface area contributed by atoms with Crippen molar-refractivity contribution in [1.82, 2.24) is 13.1 Å². The van der Waals surface area contributed by atoms with Crippen molar-refractivity contribution in [2.24, 2.45) is 0 Å². The van der Waals surface area contributed by atoms with Crippen LogP contribution in [0.5, 0.6) is 5.75 Å². The minimum Gasteiger partial charge on any atom is -0.495 e. The Hall–Kier alpha value is -2.85. The Bertz CT molecular complexity index is 1370. The molecule has 0 saturated heterocycles. The average molecular weight is 482 g/mol.